The van der Waals surface area contributed by atoms with Crippen LogP contribution in [0.25, 0.3) is 11.3 Å². The Kier molecular flexibility index (Phi) is 3.33. The van der Waals surface area contributed by atoms with Crippen LogP contribution in [0.1, 0.15) is 0 Å². The van der Waals surface area contributed by atoms with Crippen LogP contribution in [0.2, 0.25) is 10.0 Å². The zero-order chi connectivity index (χ0) is 11.7. The third kappa shape index (κ3) is 2.14. The maximum absolute atomic E-state index is 13.3. The fraction of sp³-hybridized carbons (Fsp3) is 0.100. The molecular formula is C10H7Cl2FN2S. The summed E-state index contributed by atoms with van der Waals surface area (Å²) in [7, 11) is 1.77. The molecule has 0 aliphatic heterocycles. The van der Waals surface area contributed by atoms with Gasteiger partial charge in [-0.1, -0.05) is 23.2 Å². The molecule has 0 atom stereocenters. The van der Waals surface area contributed by atoms with E-state index in [1.54, 1.807) is 12.4 Å². The lowest BCUT2D eigenvalue weighted by molar-refractivity contribution is 0.629. The minimum absolute atomic E-state index is 0.0119. The highest BCUT2D eigenvalue weighted by atomic mass is 35.5. The second kappa shape index (κ2) is 4.57. The molecule has 0 aliphatic carbocycles. The number of hydrogen-bond acceptors (Lipinski definition) is 3. The molecule has 6 heteroatoms. The summed E-state index contributed by atoms with van der Waals surface area (Å²) in [6.07, 6.45) is 0. The molecule has 1 aromatic carbocycles. The number of aromatic nitrogens is 1. The van der Waals surface area contributed by atoms with E-state index in [0.717, 1.165) is 5.13 Å². The minimum Gasteiger partial charge on any atom is -0.365 e. The number of thiazole rings is 1. The largest absolute Gasteiger partial charge is 0.365 e. The summed E-state index contributed by atoms with van der Waals surface area (Å²) in [5.41, 5.74) is 1.18. The van der Waals surface area contributed by atoms with E-state index in [1.807, 2.05) is 0 Å². The monoisotopic (exact) mass is 276 g/mol. The molecule has 2 nitrogen and oxygen atoms in total. The second-order valence-electron chi connectivity index (χ2n) is 3.03. The van der Waals surface area contributed by atoms with Gasteiger partial charge in [0.1, 0.15) is 5.82 Å². The number of nitrogens with one attached hydrogen (secondary N) is 1. The Morgan fingerprint density at radius 3 is 2.69 bits per heavy atom. The predicted octanol–water partition coefficient (Wildman–Crippen LogP) is 4.30. The van der Waals surface area contributed by atoms with E-state index in [2.05, 4.69) is 10.3 Å². The van der Waals surface area contributed by atoms with Gasteiger partial charge in [0, 0.05) is 18.0 Å². The number of anilines is 1. The van der Waals surface area contributed by atoms with Gasteiger partial charge in [0.25, 0.3) is 0 Å². The summed E-state index contributed by atoms with van der Waals surface area (Å²) >= 11 is 13.0. The Balaban J connectivity index is 2.51. The van der Waals surface area contributed by atoms with Crippen LogP contribution in [0, 0.1) is 5.82 Å². The lowest BCUT2D eigenvalue weighted by atomic mass is 10.2. The van der Waals surface area contributed by atoms with Crippen LogP contribution < -0.4 is 5.32 Å². The van der Waals surface area contributed by atoms with Crippen molar-refractivity contribution in [2.24, 2.45) is 0 Å². The van der Waals surface area contributed by atoms with Gasteiger partial charge in [-0.15, -0.1) is 11.3 Å². The van der Waals surface area contributed by atoms with Gasteiger partial charge in [-0.2, -0.15) is 0 Å². The highest BCUT2D eigenvalue weighted by Gasteiger charge is 2.11. The van der Waals surface area contributed by atoms with E-state index in [0.29, 0.717) is 16.3 Å². The van der Waals surface area contributed by atoms with E-state index < -0.39 is 5.82 Å². The molecule has 1 N–H and O–H groups in total. The summed E-state index contributed by atoms with van der Waals surface area (Å²) in [5, 5.41) is 5.86. The van der Waals surface area contributed by atoms with Crippen LogP contribution in [0.3, 0.4) is 0 Å². The Hall–Kier alpha value is -0.840. The lowest BCUT2D eigenvalue weighted by Gasteiger charge is -2.02. The summed E-state index contributed by atoms with van der Waals surface area (Å²) in [6.45, 7) is 0. The van der Waals surface area contributed by atoms with Crippen molar-refractivity contribution in [2.75, 3.05) is 12.4 Å². The van der Waals surface area contributed by atoms with Gasteiger partial charge in [-0.25, -0.2) is 9.37 Å². The molecule has 0 fully saturated rings. The molecule has 1 heterocycles. The molecule has 0 radical (unpaired) electrons. The lowest BCUT2D eigenvalue weighted by Crippen LogP contribution is -1.87. The molecule has 2 rings (SSSR count). The molecule has 0 spiro atoms. The normalized spacial score (nSPS) is 10.5. The van der Waals surface area contributed by atoms with Gasteiger partial charge in [-0.3, -0.25) is 0 Å². The first-order valence-electron chi connectivity index (χ1n) is 4.40. The number of hydrogen-bond donors (Lipinski definition) is 1. The number of rotatable bonds is 2. The third-order valence-electron chi connectivity index (χ3n) is 2.00. The summed E-state index contributed by atoms with van der Waals surface area (Å²) in [5.74, 6) is -0.500. The molecule has 84 valence electrons. The summed E-state index contributed by atoms with van der Waals surface area (Å²) in [6, 6.07) is 2.67. The van der Waals surface area contributed by atoms with Crippen molar-refractivity contribution in [1.29, 1.82) is 0 Å². The topological polar surface area (TPSA) is 24.9 Å². The van der Waals surface area contributed by atoms with Crippen LogP contribution in [0.4, 0.5) is 9.52 Å². The van der Waals surface area contributed by atoms with Gasteiger partial charge in [0.15, 0.2) is 5.13 Å². The molecule has 0 saturated carbocycles. The fourth-order valence-electron chi connectivity index (χ4n) is 1.23. The van der Waals surface area contributed by atoms with Crippen molar-refractivity contribution in [1.82, 2.24) is 4.98 Å². The van der Waals surface area contributed by atoms with Gasteiger partial charge in [-0.05, 0) is 12.1 Å². The van der Waals surface area contributed by atoms with Crippen molar-refractivity contribution in [2.45, 2.75) is 0 Å². The van der Waals surface area contributed by atoms with Crippen molar-refractivity contribution in [3.05, 3.63) is 33.4 Å². The van der Waals surface area contributed by atoms with Gasteiger partial charge in [0.2, 0.25) is 0 Å². The first-order chi connectivity index (χ1) is 7.61. The van der Waals surface area contributed by atoms with Gasteiger partial charge < -0.3 is 5.32 Å². The molecule has 0 unspecified atom stereocenters. The molecule has 16 heavy (non-hydrogen) atoms. The maximum Gasteiger partial charge on any atom is 0.182 e. The molecule has 0 saturated heterocycles. The molecule has 0 aliphatic rings. The highest BCUT2D eigenvalue weighted by Crippen LogP contribution is 2.33. The van der Waals surface area contributed by atoms with Crippen molar-refractivity contribution in [3.8, 4) is 11.3 Å². The third-order valence-corrected chi connectivity index (χ3v) is 3.47. The maximum atomic E-state index is 13.3. The molecule has 0 bridgehead atoms. The summed E-state index contributed by atoms with van der Waals surface area (Å²) < 4.78 is 13.3. The smallest absolute Gasteiger partial charge is 0.182 e. The highest BCUT2D eigenvalue weighted by molar-refractivity contribution is 7.14. The van der Waals surface area contributed by atoms with Crippen LogP contribution in [0.15, 0.2) is 17.5 Å². The van der Waals surface area contributed by atoms with E-state index in [4.69, 9.17) is 23.2 Å². The number of benzene rings is 1. The predicted molar refractivity (Wildman–Crippen MR) is 67.1 cm³/mol. The van der Waals surface area contributed by atoms with Crippen molar-refractivity contribution < 1.29 is 4.39 Å². The number of nitrogens with zero attached hydrogens (tertiary/aromatic N) is 1. The van der Waals surface area contributed by atoms with Crippen molar-refractivity contribution in [3.63, 3.8) is 0 Å². The first-order valence-corrected chi connectivity index (χ1v) is 6.03. The Morgan fingerprint density at radius 1 is 1.31 bits per heavy atom. The molecule has 1 aromatic heterocycles. The van der Waals surface area contributed by atoms with Crippen molar-refractivity contribution >= 4 is 39.7 Å². The van der Waals surface area contributed by atoms with Gasteiger partial charge in [0.05, 0.1) is 15.7 Å². The van der Waals surface area contributed by atoms with Crippen LogP contribution in [-0.4, -0.2) is 12.0 Å². The Bertz CT molecular complexity index is 528. The Labute approximate surface area is 106 Å². The van der Waals surface area contributed by atoms with E-state index in [-0.39, 0.29) is 5.02 Å². The van der Waals surface area contributed by atoms with E-state index in [9.17, 15) is 4.39 Å². The zero-order valence-corrected chi connectivity index (χ0v) is 10.5. The summed E-state index contributed by atoms with van der Waals surface area (Å²) in [4.78, 5) is 4.24. The van der Waals surface area contributed by atoms with Crippen LogP contribution in [-0.2, 0) is 0 Å². The standard InChI is InChI=1S/C10H7Cl2FN2S/c1-14-10-15-9(4-16-10)5-2-8(13)7(12)3-6(5)11/h2-4H,1H3,(H,14,15). The van der Waals surface area contributed by atoms with Crippen LogP contribution >= 0.6 is 34.5 Å². The molecule has 2 aromatic rings. The van der Waals surface area contributed by atoms with Gasteiger partial charge >= 0.3 is 0 Å². The zero-order valence-electron chi connectivity index (χ0n) is 8.22. The quantitative estimate of drug-likeness (QED) is 0.828. The number of halogens is 3. The van der Waals surface area contributed by atoms with Crippen LogP contribution in [0.5, 0.6) is 0 Å². The average molecular weight is 277 g/mol. The minimum atomic E-state index is -0.500. The SMILES string of the molecule is CNc1nc(-c2cc(F)c(Cl)cc2Cl)cs1. The van der Waals surface area contributed by atoms with E-state index >= 15 is 0 Å². The average Bonchev–Trinajstić information content (AvgIpc) is 2.71. The van der Waals surface area contributed by atoms with E-state index in [1.165, 1.54) is 23.5 Å². The molecular weight excluding hydrogens is 270 g/mol. The second-order valence-corrected chi connectivity index (χ2v) is 4.71. The first kappa shape index (κ1) is 11.6. The molecule has 0 amide bonds. The Morgan fingerprint density at radius 2 is 2.06 bits per heavy atom. The fourth-order valence-corrected chi connectivity index (χ4v) is 2.38.